The lowest BCUT2D eigenvalue weighted by Gasteiger charge is -2.11. The third-order valence-corrected chi connectivity index (χ3v) is 6.10. The Hall–Kier alpha value is -3.32. The van der Waals surface area contributed by atoms with Crippen molar-refractivity contribution in [2.45, 2.75) is 18.7 Å². The normalized spacial score (nSPS) is 11.6. The van der Waals surface area contributed by atoms with Gasteiger partial charge in [0, 0.05) is 23.6 Å². The molecule has 6 nitrogen and oxygen atoms in total. The minimum atomic E-state index is -3.69. The number of sulfonamides is 1. The van der Waals surface area contributed by atoms with Gasteiger partial charge in [-0.05, 0) is 67.4 Å². The van der Waals surface area contributed by atoms with Gasteiger partial charge in [0.15, 0.2) is 0 Å². The van der Waals surface area contributed by atoms with Gasteiger partial charge in [0.1, 0.15) is 11.4 Å². The Morgan fingerprint density at radius 3 is 2.45 bits per heavy atom. The number of nitrogens with one attached hydrogen (secondary N) is 1. The van der Waals surface area contributed by atoms with Crippen LogP contribution in [0, 0.1) is 13.8 Å². The third kappa shape index (κ3) is 3.82. The maximum Gasteiger partial charge on any atom is 0.261 e. The molecule has 1 N–H and O–H groups in total. The fourth-order valence-corrected chi connectivity index (χ4v) is 4.31. The number of nitrogens with zero attached hydrogens (tertiary/aromatic N) is 2. The Morgan fingerprint density at radius 2 is 1.76 bits per heavy atom. The first kappa shape index (κ1) is 19.0. The second-order valence-corrected chi connectivity index (χ2v) is 8.59. The Kier molecular flexibility index (Phi) is 4.76. The van der Waals surface area contributed by atoms with E-state index < -0.39 is 10.0 Å². The van der Waals surface area contributed by atoms with Crippen LogP contribution in [0.4, 0.5) is 5.69 Å². The molecule has 0 fully saturated rings. The summed E-state index contributed by atoms with van der Waals surface area (Å²) in [5, 5.41) is 0. The summed E-state index contributed by atoms with van der Waals surface area (Å²) >= 11 is 0. The number of methoxy groups -OCH3 is 1. The highest BCUT2D eigenvalue weighted by Gasteiger charge is 2.16. The zero-order chi connectivity index (χ0) is 20.6. The van der Waals surface area contributed by atoms with Crippen LogP contribution in [-0.4, -0.2) is 24.9 Å². The number of hydrogen-bond acceptors (Lipinski definition) is 4. The largest absolute Gasteiger partial charge is 0.496 e. The van der Waals surface area contributed by atoms with E-state index in [-0.39, 0.29) is 4.90 Å². The first-order valence-corrected chi connectivity index (χ1v) is 10.6. The van der Waals surface area contributed by atoms with E-state index >= 15 is 0 Å². The van der Waals surface area contributed by atoms with E-state index in [4.69, 9.17) is 4.74 Å². The predicted molar refractivity (Wildman–Crippen MR) is 114 cm³/mol. The first-order valence-electron chi connectivity index (χ1n) is 9.09. The average molecular weight is 407 g/mol. The van der Waals surface area contributed by atoms with Crippen LogP contribution in [0.5, 0.6) is 5.75 Å². The minimum Gasteiger partial charge on any atom is -0.496 e. The van der Waals surface area contributed by atoms with Crippen LogP contribution in [0.3, 0.4) is 0 Å². The van der Waals surface area contributed by atoms with Crippen LogP contribution in [-0.2, 0) is 10.0 Å². The molecule has 0 saturated carbocycles. The topological polar surface area (TPSA) is 72.7 Å². The van der Waals surface area contributed by atoms with E-state index in [2.05, 4.69) is 9.71 Å². The van der Waals surface area contributed by atoms with E-state index in [1.165, 1.54) is 6.07 Å². The van der Waals surface area contributed by atoms with Gasteiger partial charge in [0.05, 0.1) is 17.7 Å². The lowest BCUT2D eigenvalue weighted by Crippen LogP contribution is -2.13. The highest BCUT2D eigenvalue weighted by Crippen LogP contribution is 2.25. The molecular formula is C22H21N3O3S. The summed E-state index contributed by atoms with van der Waals surface area (Å²) in [5.41, 5.74) is 5.01. The first-order chi connectivity index (χ1) is 13.9. The third-order valence-electron chi connectivity index (χ3n) is 4.73. The summed E-state index contributed by atoms with van der Waals surface area (Å²) in [6.07, 6.45) is 3.93. The highest BCUT2D eigenvalue weighted by atomic mass is 32.2. The monoisotopic (exact) mass is 407 g/mol. The number of ether oxygens (including phenoxy) is 1. The second kappa shape index (κ2) is 7.25. The lowest BCUT2D eigenvalue weighted by molar-refractivity contribution is 0.411. The minimum absolute atomic E-state index is 0.190. The molecule has 148 valence electrons. The molecule has 29 heavy (non-hydrogen) atoms. The van der Waals surface area contributed by atoms with Crippen molar-refractivity contribution in [3.63, 3.8) is 0 Å². The van der Waals surface area contributed by atoms with Crippen molar-refractivity contribution in [3.8, 4) is 17.0 Å². The molecule has 0 spiro atoms. The smallest absolute Gasteiger partial charge is 0.261 e. The summed E-state index contributed by atoms with van der Waals surface area (Å²) in [7, 11) is -2.13. The second-order valence-electron chi connectivity index (χ2n) is 6.91. The van der Waals surface area contributed by atoms with Gasteiger partial charge in [-0.3, -0.25) is 4.72 Å². The lowest BCUT2D eigenvalue weighted by atomic mass is 10.1. The zero-order valence-corrected chi connectivity index (χ0v) is 17.2. The maximum atomic E-state index is 12.7. The van der Waals surface area contributed by atoms with E-state index in [9.17, 15) is 8.42 Å². The molecule has 4 rings (SSSR count). The van der Waals surface area contributed by atoms with Gasteiger partial charge in [-0.1, -0.05) is 12.1 Å². The molecular weight excluding hydrogens is 386 g/mol. The number of rotatable bonds is 5. The maximum absolute atomic E-state index is 12.7. The Balaban J connectivity index is 1.58. The summed E-state index contributed by atoms with van der Waals surface area (Å²) in [6.45, 7) is 3.84. The van der Waals surface area contributed by atoms with E-state index in [0.717, 1.165) is 28.0 Å². The van der Waals surface area contributed by atoms with Gasteiger partial charge in [-0.15, -0.1) is 0 Å². The van der Waals surface area contributed by atoms with E-state index in [1.54, 1.807) is 31.4 Å². The van der Waals surface area contributed by atoms with Crippen molar-refractivity contribution in [1.82, 2.24) is 9.38 Å². The van der Waals surface area contributed by atoms with Crippen LogP contribution < -0.4 is 9.46 Å². The van der Waals surface area contributed by atoms with Crippen LogP contribution in [0.2, 0.25) is 0 Å². The van der Waals surface area contributed by atoms with Crippen molar-refractivity contribution in [1.29, 1.82) is 0 Å². The van der Waals surface area contributed by atoms with Crippen molar-refractivity contribution >= 4 is 21.4 Å². The fourth-order valence-electron chi connectivity index (χ4n) is 3.16. The molecule has 0 atom stereocenters. The molecule has 0 bridgehead atoms. The Labute approximate surface area is 169 Å². The number of pyridine rings is 1. The van der Waals surface area contributed by atoms with Gasteiger partial charge in [-0.2, -0.15) is 0 Å². The number of benzene rings is 2. The molecule has 2 aromatic heterocycles. The van der Waals surface area contributed by atoms with Crippen LogP contribution in [0.25, 0.3) is 16.9 Å². The molecule has 0 aliphatic heterocycles. The van der Waals surface area contributed by atoms with Gasteiger partial charge < -0.3 is 9.14 Å². The van der Waals surface area contributed by atoms with Crippen molar-refractivity contribution < 1.29 is 13.2 Å². The molecule has 4 aromatic rings. The molecule has 0 aliphatic carbocycles. The van der Waals surface area contributed by atoms with Crippen molar-refractivity contribution in [2.75, 3.05) is 11.8 Å². The Bertz CT molecular complexity index is 1290. The van der Waals surface area contributed by atoms with E-state index in [1.807, 2.05) is 54.9 Å². The molecule has 2 heterocycles. The van der Waals surface area contributed by atoms with Crippen molar-refractivity contribution in [3.05, 3.63) is 78.1 Å². The van der Waals surface area contributed by atoms with Crippen LogP contribution in [0.15, 0.2) is 71.9 Å². The molecule has 0 amide bonds. The summed E-state index contributed by atoms with van der Waals surface area (Å²) in [6, 6.07) is 16.0. The van der Waals surface area contributed by atoms with Gasteiger partial charge in [0.25, 0.3) is 10.0 Å². The van der Waals surface area contributed by atoms with Gasteiger partial charge in [0.2, 0.25) is 0 Å². The number of anilines is 1. The molecule has 0 unspecified atom stereocenters. The zero-order valence-electron chi connectivity index (χ0n) is 16.4. The number of hydrogen-bond donors (Lipinski definition) is 1. The average Bonchev–Trinajstić information content (AvgIpc) is 3.11. The molecule has 0 radical (unpaired) electrons. The summed E-state index contributed by atoms with van der Waals surface area (Å²) in [5.74, 6) is 0.649. The van der Waals surface area contributed by atoms with Crippen LogP contribution in [0.1, 0.15) is 11.1 Å². The molecule has 0 aliphatic rings. The Morgan fingerprint density at radius 1 is 1.00 bits per heavy atom. The number of fused-ring (bicyclic) bond motifs is 1. The number of aromatic nitrogens is 2. The molecule has 7 heteroatoms. The molecule has 0 saturated heterocycles. The van der Waals surface area contributed by atoms with Crippen LogP contribution >= 0.6 is 0 Å². The highest BCUT2D eigenvalue weighted by molar-refractivity contribution is 7.92. The number of imidazole rings is 1. The molecule has 2 aromatic carbocycles. The van der Waals surface area contributed by atoms with Gasteiger partial charge >= 0.3 is 0 Å². The van der Waals surface area contributed by atoms with Crippen molar-refractivity contribution in [2.24, 2.45) is 0 Å². The van der Waals surface area contributed by atoms with Gasteiger partial charge in [-0.25, -0.2) is 13.4 Å². The summed E-state index contributed by atoms with van der Waals surface area (Å²) < 4.78 is 35.2. The number of aryl methyl sites for hydroxylation is 2. The predicted octanol–water partition coefficient (Wildman–Crippen LogP) is 4.43. The summed E-state index contributed by atoms with van der Waals surface area (Å²) in [4.78, 5) is 4.82. The standard InChI is InChI=1S/C22H21N3O3S/c1-15-10-11-25-14-20(23-22(25)12-15)17-4-6-18(7-5-17)24-29(26,27)19-8-9-21(28-3)16(2)13-19/h4-14,24H,1-3H3. The van der Waals surface area contributed by atoms with E-state index in [0.29, 0.717) is 11.4 Å². The fraction of sp³-hybridized carbons (Fsp3) is 0.136. The SMILES string of the molecule is COc1ccc(S(=O)(=O)Nc2ccc(-c3cn4ccc(C)cc4n3)cc2)cc1C. The quantitative estimate of drug-likeness (QED) is 0.531.